The van der Waals surface area contributed by atoms with Crippen molar-refractivity contribution in [2.45, 2.75) is 18.2 Å². The molecule has 4 N–H and O–H groups in total. The molecule has 0 aliphatic rings. The van der Waals surface area contributed by atoms with Crippen molar-refractivity contribution in [3.63, 3.8) is 0 Å². The molecule has 134 valence electrons. The van der Waals surface area contributed by atoms with Crippen LogP contribution >= 0.6 is 12.2 Å². The molecule has 6 nitrogen and oxygen atoms in total. The second-order valence-corrected chi connectivity index (χ2v) is 7.25. The largest absolute Gasteiger partial charge is 0.494 e. The summed E-state index contributed by atoms with van der Waals surface area (Å²) in [6, 6.07) is 14.0. The molecule has 0 aromatic heterocycles. The van der Waals surface area contributed by atoms with Gasteiger partial charge in [-0.2, -0.15) is 0 Å². The number of nitrogens with two attached hydrogens (primary N) is 1. The molecule has 8 heteroatoms. The van der Waals surface area contributed by atoms with E-state index < -0.39 is 10.0 Å². The third kappa shape index (κ3) is 6.33. The predicted octanol–water partition coefficient (Wildman–Crippen LogP) is 2.26. The highest BCUT2D eigenvalue weighted by molar-refractivity contribution is 7.89. The van der Waals surface area contributed by atoms with Gasteiger partial charge in [0.05, 0.1) is 11.5 Å². The smallest absolute Gasteiger partial charge is 0.238 e. The van der Waals surface area contributed by atoms with Gasteiger partial charge >= 0.3 is 0 Å². The number of anilines is 1. The van der Waals surface area contributed by atoms with Gasteiger partial charge in [0.25, 0.3) is 0 Å². The average molecular weight is 380 g/mol. The summed E-state index contributed by atoms with van der Waals surface area (Å²) in [6.07, 6.45) is 0.704. The van der Waals surface area contributed by atoms with E-state index >= 15 is 0 Å². The van der Waals surface area contributed by atoms with Crippen LogP contribution in [0.1, 0.15) is 12.5 Å². The molecular formula is C17H21N3O3S2. The number of primary sulfonamides is 1. The van der Waals surface area contributed by atoms with Crippen molar-refractivity contribution in [1.82, 2.24) is 5.32 Å². The molecule has 2 aromatic carbocycles. The number of hydrogen-bond acceptors (Lipinski definition) is 4. The van der Waals surface area contributed by atoms with E-state index in [1.807, 2.05) is 31.2 Å². The van der Waals surface area contributed by atoms with Crippen LogP contribution in [-0.4, -0.2) is 26.7 Å². The summed E-state index contributed by atoms with van der Waals surface area (Å²) in [5.41, 5.74) is 1.86. The highest BCUT2D eigenvalue weighted by atomic mass is 32.2. The molecule has 0 atom stereocenters. The normalized spacial score (nSPS) is 11.0. The van der Waals surface area contributed by atoms with Crippen LogP contribution in [0.25, 0.3) is 0 Å². The van der Waals surface area contributed by atoms with Crippen molar-refractivity contribution in [2.75, 3.05) is 18.5 Å². The number of rotatable bonds is 7. The van der Waals surface area contributed by atoms with E-state index in [1.54, 1.807) is 12.1 Å². The van der Waals surface area contributed by atoms with Gasteiger partial charge in [0.15, 0.2) is 5.11 Å². The van der Waals surface area contributed by atoms with Crippen LogP contribution in [0.2, 0.25) is 0 Å². The Morgan fingerprint density at radius 3 is 2.32 bits per heavy atom. The van der Waals surface area contributed by atoms with Gasteiger partial charge in [-0.1, -0.05) is 12.1 Å². The fourth-order valence-electron chi connectivity index (χ4n) is 2.14. The molecular weight excluding hydrogens is 358 g/mol. The van der Waals surface area contributed by atoms with Crippen LogP contribution in [0.5, 0.6) is 5.75 Å². The van der Waals surface area contributed by atoms with E-state index in [0.29, 0.717) is 24.7 Å². The zero-order chi connectivity index (χ0) is 18.3. The maximum absolute atomic E-state index is 11.2. The number of thiocarbonyl (C=S) groups is 1. The Bertz CT molecular complexity index is 804. The summed E-state index contributed by atoms with van der Waals surface area (Å²) >= 11 is 5.26. The van der Waals surface area contributed by atoms with E-state index in [4.69, 9.17) is 22.1 Å². The Labute approximate surface area is 153 Å². The molecule has 0 saturated carbocycles. The first-order valence-electron chi connectivity index (χ1n) is 7.78. The zero-order valence-corrected chi connectivity index (χ0v) is 15.5. The van der Waals surface area contributed by atoms with Gasteiger partial charge < -0.3 is 15.4 Å². The van der Waals surface area contributed by atoms with Gasteiger partial charge in [0.1, 0.15) is 5.75 Å². The molecule has 0 unspecified atom stereocenters. The van der Waals surface area contributed by atoms with E-state index in [9.17, 15) is 8.42 Å². The molecule has 0 aliphatic carbocycles. The van der Waals surface area contributed by atoms with Gasteiger partial charge in [0, 0.05) is 12.2 Å². The topological polar surface area (TPSA) is 93.4 Å². The molecule has 0 heterocycles. The average Bonchev–Trinajstić information content (AvgIpc) is 2.56. The number of nitrogens with one attached hydrogen (secondary N) is 2. The fourth-order valence-corrected chi connectivity index (χ4v) is 2.88. The molecule has 25 heavy (non-hydrogen) atoms. The summed E-state index contributed by atoms with van der Waals surface area (Å²) in [6.45, 7) is 3.19. The number of hydrogen-bond donors (Lipinski definition) is 3. The summed E-state index contributed by atoms with van der Waals surface area (Å²) in [4.78, 5) is 0.108. The summed E-state index contributed by atoms with van der Waals surface area (Å²) in [5.74, 6) is 0.815. The molecule has 2 aromatic rings. The number of sulfonamides is 1. The van der Waals surface area contributed by atoms with Crippen LogP contribution in [-0.2, 0) is 16.4 Å². The van der Waals surface area contributed by atoms with Crippen LogP contribution < -0.4 is 20.5 Å². The minimum Gasteiger partial charge on any atom is -0.494 e. The van der Waals surface area contributed by atoms with Crippen molar-refractivity contribution in [2.24, 2.45) is 5.14 Å². The second-order valence-electron chi connectivity index (χ2n) is 5.28. The van der Waals surface area contributed by atoms with Crippen molar-refractivity contribution >= 4 is 33.0 Å². The monoisotopic (exact) mass is 379 g/mol. The Balaban J connectivity index is 1.78. The molecule has 2 rings (SSSR count). The molecule has 0 saturated heterocycles. The first-order valence-corrected chi connectivity index (χ1v) is 9.73. The van der Waals surface area contributed by atoms with Crippen LogP contribution in [0.15, 0.2) is 53.4 Å². The van der Waals surface area contributed by atoms with Crippen LogP contribution in [0, 0.1) is 0 Å². The summed E-state index contributed by atoms with van der Waals surface area (Å²) in [5, 5.41) is 11.8. The van der Waals surface area contributed by atoms with Gasteiger partial charge in [-0.3, -0.25) is 0 Å². The van der Waals surface area contributed by atoms with E-state index in [-0.39, 0.29) is 4.90 Å². The maximum Gasteiger partial charge on any atom is 0.238 e. The molecule has 0 radical (unpaired) electrons. The standard InChI is InChI=1S/C17H21N3O3S2/c1-2-23-15-7-5-14(6-8-15)20-17(24)19-12-11-13-3-9-16(10-4-13)25(18,21)22/h3-10H,2,11-12H2,1H3,(H2,18,21,22)(H2,19,20,24). The van der Waals surface area contributed by atoms with Crippen molar-refractivity contribution in [3.8, 4) is 5.75 Å². The lowest BCUT2D eigenvalue weighted by Crippen LogP contribution is -2.30. The lowest BCUT2D eigenvalue weighted by Gasteiger charge is -2.11. The maximum atomic E-state index is 11.2. The third-order valence-corrected chi connectivity index (χ3v) is 4.55. The lowest BCUT2D eigenvalue weighted by atomic mass is 10.1. The molecule has 0 amide bonds. The number of ether oxygens (including phenoxy) is 1. The van der Waals surface area contributed by atoms with E-state index in [0.717, 1.165) is 17.0 Å². The molecule has 0 bridgehead atoms. The Kier molecular flexibility index (Phi) is 6.74. The lowest BCUT2D eigenvalue weighted by molar-refractivity contribution is 0.340. The van der Waals surface area contributed by atoms with Gasteiger partial charge in [-0.25, -0.2) is 13.6 Å². The predicted molar refractivity (Wildman–Crippen MR) is 103 cm³/mol. The van der Waals surface area contributed by atoms with Crippen LogP contribution in [0.3, 0.4) is 0 Å². The quantitative estimate of drug-likeness (QED) is 0.639. The van der Waals surface area contributed by atoms with E-state index in [2.05, 4.69) is 10.6 Å². The van der Waals surface area contributed by atoms with Gasteiger partial charge in [-0.15, -0.1) is 0 Å². The number of benzene rings is 2. The minimum atomic E-state index is -3.65. The minimum absolute atomic E-state index is 0.108. The highest BCUT2D eigenvalue weighted by Crippen LogP contribution is 2.15. The summed E-state index contributed by atoms with van der Waals surface area (Å²) < 4.78 is 27.8. The van der Waals surface area contributed by atoms with Gasteiger partial charge in [0.2, 0.25) is 10.0 Å². The second kappa shape index (κ2) is 8.80. The van der Waals surface area contributed by atoms with Crippen molar-refractivity contribution in [3.05, 3.63) is 54.1 Å². The van der Waals surface area contributed by atoms with Crippen molar-refractivity contribution < 1.29 is 13.2 Å². The first kappa shape index (κ1) is 19.2. The Hall–Kier alpha value is -2.16. The first-order chi connectivity index (χ1) is 11.9. The van der Waals surface area contributed by atoms with Crippen molar-refractivity contribution in [1.29, 1.82) is 0 Å². The Morgan fingerprint density at radius 2 is 1.76 bits per heavy atom. The highest BCUT2D eigenvalue weighted by Gasteiger charge is 2.06. The zero-order valence-electron chi connectivity index (χ0n) is 13.9. The van der Waals surface area contributed by atoms with Crippen LogP contribution in [0.4, 0.5) is 5.69 Å². The fraction of sp³-hybridized carbons (Fsp3) is 0.235. The molecule has 0 aliphatic heterocycles. The summed E-state index contributed by atoms with van der Waals surface area (Å²) in [7, 11) is -3.65. The SMILES string of the molecule is CCOc1ccc(NC(=S)NCCc2ccc(S(N)(=O)=O)cc2)cc1. The molecule has 0 fully saturated rings. The van der Waals surface area contributed by atoms with E-state index in [1.165, 1.54) is 12.1 Å². The Morgan fingerprint density at radius 1 is 1.12 bits per heavy atom. The third-order valence-electron chi connectivity index (χ3n) is 3.37. The van der Waals surface area contributed by atoms with Gasteiger partial charge in [-0.05, 0) is 67.5 Å². The molecule has 0 spiro atoms.